The van der Waals surface area contributed by atoms with E-state index in [-0.39, 0.29) is 17.4 Å². The third kappa shape index (κ3) is 7.44. The Kier molecular flexibility index (Phi) is 11.3. The fraction of sp³-hybridized carbons (Fsp3) is 0.533. The maximum atomic E-state index is 12.3. The molecule has 0 saturated heterocycles. The second-order valence-electron chi connectivity index (χ2n) is 9.68. The summed E-state index contributed by atoms with van der Waals surface area (Å²) >= 11 is 0. The van der Waals surface area contributed by atoms with Crippen LogP contribution in [0.5, 0.6) is 0 Å². The van der Waals surface area contributed by atoms with E-state index in [0.29, 0.717) is 5.56 Å². The molecule has 0 aliphatic rings. The highest BCUT2D eigenvalue weighted by atomic mass is 16.4. The van der Waals surface area contributed by atoms with Gasteiger partial charge in [-0.15, -0.1) is 0 Å². The molecular formula is C30H42O4. The highest BCUT2D eigenvalue weighted by Crippen LogP contribution is 2.41. The quantitative estimate of drug-likeness (QED) is 0.257. The maximum Gasteiger partial charge on any atom is 0.335 e. The summed E-state index contributed by atoms with van der Waals surface area (Å²) in [6.07, 6.45) is 11.3. The van der Waals surface area contributed by atoms with Crippen molar-refractivity contribution in [2.75, 3.05) is 0 Å². The van der Waals surface area contributed by atoms with Crippen molar-refractivity contribution in [3.63, 3.8) is 0 Å². The van der Waals surface area contributed by atoms with Crippen LogP contribution in [0.4, 0.5) is 0 Å². The highest BCUT2D eigenvalue weighted by molar-refractivity contribution is 5.92. The zero-order valence-corrected chi connectivity index (χ0v) is 21.4. The monoisotopic (exact) mass is 466 g/mol. The summed E-state index contributed by atoms with van der Waals surface area (Å²) in [6.45, 7) is 8.79. The van der Waals surface area contributed by atoms with Crippen molar-refractivity contribution in [1.82, 2.24) is 0 Å². The molecule has 0 aromatic heterocycles. The smallest absolute Gasteiger partial charge is 0.335 e. The van der Waals surface area contributed by atoms with Crippen molar-refractivity contribution in [1.29, 1.82) is 0 Å². The predicted octanol–water partition coefficient (Wildman–Crippen LogP) is 8.90. The Balaban J connectivity index is 2.57. The first-order valence-electron chi connectivity index (χ1n) is 13.1. The van der Waals surface area contributed by atoms with Crippen LogP contribution in [0.1, 0.15) is 136 Å². The van der Waals surface area contributed by atoms with E-state index in [2.05, 4.69) is 27.7 Å². The molecule has 2 N–H and O–H groups in total. The molecule has 2 unspecified atom stereocenters. The van der Waals surface area contributed by atoms with Gasteiger partial charge in [-0.3, -0.25) is 0 Å². The van der Waals surface area contributed by atoms with Crippen molar-refractivity contribution in [3.05, 3.63) is 58.7 Å². The minimum Gasteiger partial charge on any atom is -0.478 e. The molecule has 0 heterocycles. The summed E-state index contributed by atoms with van der Waals surface area (Å²) in [5, 5.41) is 19.4. The number of benzene rings is 2. The lowest BCUT2D eigenvalue weighted by Gasteiger charge is -2.26. The molecule has 2 atom stereocenters. The van der Waals surface area contributed by atoms with Gasteiger partial charge in [0.2, 0.25) is 0 Å². The largest absolute Gasteiger partial charge is 0.478 e. The minimum atomic E-state index is -0.946. The molecule has 2 aromatic carbocycles. The van der Waals surface area contributed by atoms with Crippen LogP contribution < -0.4 is 0 Å². The van der Waals surface area contributed by atoms with Gasteiger partial charge in [0.15, 0.2) is 0 Å². The Bertz CT molecular complexity index is 930. The Morgan fingerprint density at radius 3 is 1.68 bits per heavy atom. The van der Waals surface area contributed by atoms with Gasteiger partial charge in [0.25, 0.3) is 0 Å². The molecule has 4 heteroatoms. The van der Waals surface area contributed by atoms with Crippen molar-refractivity contribution in [2.45, 2.75) is 104 Å². The molecular weight excluding hydrogens is 424 g/mol. The molecule has 0 radical (unpaired) electrons. The summed E-state index contributed by atoms with van der Waals surface area (Å²) in [5.74, 6) is -1.45. The van der Waals surface area contributed by atoms with E-state index in [4.69, 9.17) is 0 Å². The van der Waals surface area contributed by atoms with Gasteiger partial charge in [-0.1, -0.05) is 97.3 Å². The summed E-state index contributed by atoms with van der Waals surface area (Å²) in [7, 11) is 0. The maximum absolute atomic E-state index is 12.3. The number of carboxylic acid groups (broad SMARTS) is 2. The van der Waals surface area contributed by atoms with E-state index in [0.717, 1.165) is 47.9 Å². The molecule has 0 aliphatic carbocycles. The molecule has 2 aromatic rings. The van der Waals surface area contributed by atoms with Crippen LogP contribution in [0.15, 0.2) is 36.4 Å². The third-order valence-electron chi connectivity index (χ3n) is 6.93. The van der Waals surface area contributed by atoms with Crippen molar-refractivity contribution < 1.29 is 19.8 Å². The lowest BCUT2D eigenvalue weighted by molar-refractivity contribution is 0.0685. The van der Waals surface area contributed by atoms with E-state index < -0.39 is 11.9 Å². The van der Waals surface area contributed by atoms with Crippen molar-refractivity contribution in [2.24, 2.45) is 0 Å². The number of hydrogen-bond acceptors (Lipinski definition) is 2. The van der Waals surface area contributed by atoms with Gasteiger partial charge in [-0.25, -0.2) is 9.59 Å². The van der Waals surface area contributed by atoms with E-state index >= 15 is 0 Å². The first-order valence-corrected chi connectivity index (χ1v) is 13.1. The van der Waals surface area contributed by atoms with Crippen molar-refractivity contribution in [3.8, 4) is 11.1 Å². The topological polar surface area (TPSA) is 74.6 Å². The average molecular weight is 467 g/mol. The fourth-order valence-electron chi connectivity index (χ4n) is 4.97. The number of aromatic carboxylic acids is 2. The van der Waals surface area contributed by atoms with Gasteiger partial charge in [0, 0.05) is 0 Å². The number of hydrogen-bond donors (Lipinski definition) is 2. The molecule has 186 valence electrons. The molecule has 4 nitrogen and oxygen atoms in total. The van der Waals surface area contributed by atoms with E-state index in [1.807, 2.05) is 18.2 Å². The Morgan fingerprint density at radius 1 is 0.676 bits per heavy atom. The molecule has 0 spiro atoms. The fourth-order valence-corrected chi connectivity index (χ4v) is 4.97. The molecule has 0 amide bonds. The van der Waals surface area contributed by atoms with Crippen LogP contribution in [0.2, 0.25) is 0 Å². The normalized spacial score (nSPS) is 12.9. The summed E-state index contributed by atoms with van der Waals surface area (Å²) in [4.78, 5) is 23.6. The standard InChI is InChI=1S/C30H42O4/c1-5-7-9-11-13-21(3)27-25(23-15-17-24(18-16-23)29(31)32)19-20-26(30(33)34)28(27)22(4)14-12-10-8-6-2/h15-22H,5-14H2,1-4H3,(H,31,32)(H,33,34). The Labute approximate surface area is 205 Å². The van der Waals surface area contributed by atoms with E-state index in [1.54, 1.807) is 18.2 Å². The van der Waals surface area contributed by atoms with Crippen LogP contribution in [0, 0.1) is 0 Å². The molecule has 2 rings (SSSR count). The third-order valence-corrected chi connectivity index (χ3v) is 6.93. The zero-order valence-electron chi connectivity index (χ0n) is 21.4. The predicted molar refractivity (Wildman–Crippen MR) is 140 cm³/mol. The SMILES string of the molecule is CCCCCCC(C)c1c(C(=O)O)ccc(-c2ccc(C(=O)O)cc2)c1C(C)CCCCCC. The minimum absolute atomic E-state index is 0.147. The number of unbranched alkanes of at least 4 members (excludes halogenated alkanes) is 6. The van der Waals surface area contributed by atoms with Gasteiger partial charge >= 0.3 is 11.9 Å². The molecule has 0 saturated carbocycles. The molecule has 0 fully saturated rings. The second-order valence-corrected chi connectivity index (χ2v) is 9.68. The van der Waals surface area contributed by atoms with Crippen LogP contribution in [-0.4, -0.2) is 22.2 Å². The van der Waals surface area contributed by atoms with Crippen LogP contribution >= 0.6 is 0 Å². The highest BCUT2D eigenvalue weighted by Gasteiger charge is 2.25. The van der Waals surface area contributed by atoms with Gasteiger partial charge in [-0.2, -0.15) is 0 Å². The van der Waals surface area contributed by atoms with Gasteiger partial charge in [0.05, 0.1) is 11.1 Å². The average Bonchev–Trinajstić information content (AvgIpc) is 2.83. The lowest BCUT2D eigenvalue weighted by atomic mass is 9.78. The first-order chi connectivity index (χ1) is 16.3. The van der Waals surface area contributed by atoms with Gasteiger partial charge in [-0.05, 0) is 65.1 Å². The summed E-state index contributed by atoms with van der Waals surface area (Å²) < 4.78 is 0. The molecule has 0 aliphatic heterocycles. The number of carbonyl (C=O) groups is 2. The van der Waals surface area contributed by atoms with Crippen LogP contribution in [0.25, 0.3) is 11.1 Å². The number of rotatable bonds is 15. The van der Waals surface area contributed by atoms with Crippen LogP contribution in [-0.2, 0) is 0 Å². The zero-order chi connectivity index (χ0) is 25.1. The van der Waals surface area contributed by atoms with Crippen molar-refractivity contribution >= 4 is 11.9 Å². The van der Waals surface area contributed by atoms with E-state index in [9.17, 15) is 19.8 Å². The van der Waals surface area contributed by atoms with E-state index in [1.165, 1.54) is 38.5 Å². The summed E-state index contributed by atoms with van der Waals surface area (Å²) in [6, 6.07) is 10.6. The molecule has 34 heavy (non-hydrogen) atoms. The Morgan fingerprint density at radius 2 is 1.21 bits per heavy atom. The lowest BCUT2D eigenvalue weighted by Crippen LogP contribution is -2.13. The van der Waals surface area contributed by atoms with Crippen LogP contribution in [0.3, 0.4) is 0 Å². The summed E-state index contributed by atoms with van der Waals surface area (Å²) in [5.41, 5.74) is 4.72. The van der Waals surface area contributed by atoms with Gasteiger partial charge < -0.3 is 10.2 Å². The van der Waals surface area contributed by atoms with Gasteiger partial charge in [0.1, 0.15) is 0 Å². The second kappa shape index (κ2) is 13.9. The number of carboxylic acids is 2. The molecule has 0 bridgehead atoms. The first kappa shape index (κ1) is 27.6. The Hall–Kier alpha value is -2.62.